The zero-order valence-corrected chi connectivity index (χ0v) is 11.6. The maximum Gasteiger partial charge on any atom is 0.0547 e. The molecule has 1 aromatic heterocycles. The third kappa shape index (κ3) is 3.62. The molecule has 1 aliphatic carbocycles. The van der Waals surface area contributed by atoms with E-state index >= 15 is 0 Å². The van der Waals surface area contributed by atoms with E-state index in [0.29, 0.717) is 5.41 Å². The SMILES string of the molecule is CCNc1cncc(NCC2(C)CCCCC2)c1. The van der Waals surface area contributed by atoms with Crippen molar-refractivity contribution in [1.82, 2.24) is 4.98 Å². The van der Waals surface area contributed by atoms with Crippen molar-refractivity contribution in [3.63, 3.8) is 0 Å². The van der Waals surface area contributed by atoms with Crippen molar-refractivity contribution >= 4 is 11.4 Å². The fourth-order valence-corrected chi connectivity index (χ4v) is 2.73. The van der Waals surface area contributed by atoms with Crippen molar-refractivity contribution in [3.05, 3.63) is 18.5 Å². The van der Waals surface area contributed by atoms with Crippen LogP contribution in [0.1, 0.15) is 46.0 Å². The van der Waals surface area contributed by atoms with Gasteiger partial charge in [0.1, 0.15) is 0 Å². The Morgan fingerprint density at radius 1 is 1.11 bits per heavy atom. The minimum absolute atomic E-state index is 0.465. The first-order valence-corrected chi connectivity index (χ1v) is 7.15. The van der Waals surface area contributed by atoms with Gasteiger partial charge < -0.3 is 10.6 Å². The molecule has 2 N–H and O–H groups in total. The second kappa shape index (κ2) is 6.07. The number of anilines is 2. The highest BCUT2D eigenvalue weighted by atomic mass is 14.9. The Labute approximate surface area is 110 Å². The first-order chi connectivity index (χ1) is 8.72. The highest BCUT2D eigenvalue weighted by molar-refractivity contribution is 5.53. The van der Waals surface area contributed by atoms with E-state index in [9.17, 15) is 0 Å². The van der Waals surface area contributed by atoms with Gasteiger partial charge in [-0.25, -0.2) is 0 Å². The number of pyridine rings is 1. The van der Waals surface area contributed by atoms with E-state index < -0.39 is 0 Å². The van der Waals surface area contributed by atoms with Gasteiger partial charge in [-0.3, -0.25) is 4.98 Å². The molecular formula is C15H25N3. The highest BCUT2D eigenvalue weighted by Gasteiger charge is 2.26. The summed E-state index contributed by atoms with van der Waals surface area (Å²) in [5.41, 5.74) is 2.68. The quantitative estimate of drug-likeness (QED) is 0.828. The maximum atomic E-state index is 4.26. The van der Waals surface area contributed by atoms with Gasteiger partial charge in [0.05, 0.1) is 23.8 Å². The van der Waals surface area contributed by atoms with Crippen LogP contribution in [-0.4, -0.2) is 18.1 Å². The Morgan fingerprint density at radius 2 is 1.78 bits per heavy atom. The Balaban J connectivity index is 1.90. The number of aromatic nitrogens is 1. The van der Waals surface area contributed by atoms with Crippen molar-refractivity contribution in [1.29, 1.82) is 0 Å². The molecule has 0 spiro atoms. The van der Waals surface area contributed by atoms with Crippen LogP contribution in [0, 0.1) is 5.41 Å². The summed E-state index contributed by atoms with van der Waals surface area (Å²) < 4.78 is 0. The molecule has 100 valence electrons. The Kier molecular flexibility index (Phi) is 4.45. The van der Waals surface area contributed by atoms with E-state index in [4.69, 9.17) is 0 Å². The molecule has 0 bridgehead atoms. The number of nitrogens with zero attached hydrogens (tertiary/aromatic N) is 1. The van der Waals surface area contributed by atoms with Crippen LogP contribution in [-0.2, 0) is 0 Å². The molecule has 18 heavy (non-hydrogen) atoms. The van der Waals surface area contributed by atoms with Gasteiger partial charge in [-0.05, 0) is 31.2 Å². The molecular weight excluding hydrogens is 222 g/mol. The number of hydrogen-bond donors (Lipinski definition) is 2. The van der Waals surface area contributed by atoms with Crippen molar-refractivity contribution in [2.75, 3.05) is 23.7 Å². The van der Waals surface area contributed by atoms with E-state index in [1.165, 1.54) is 32.1 Å². The summed E-state index contributed by atoms with van der Waals surface area (Å²) in [5.74, 6) is 0. The smallest absolute Gasteiger partial charge is 0.0547 e. The van der Waals surface area contributed by atoms with Crippen LogP contribution in [0.2, 0.25) is 0 Å². The van der Waals surface area contributed by atoms with Crippen molar-refractivity contribution < 1.29 is 0 Å². The Morgan fingerprint density at radius 3 is 2.44 bits per heavy atom. The molecule has 1 fully saturated rings. The minimum Gasteiger partial charge on any atom is -0.384 e. The minimum atomic E-state index is 0.465. The van der Waals surface area contributed by atoms with Crippen LogP contribution in [0.4, 0.5) is 11.4 Å². The molecule has 2 rings (SSSR count). The molecule has 3 heteroatoms. The predicted molar refractivity (Wildman–Crippen MR) is 78.1 cm³/mol. The molecule has 1 saturated carbocycles. The lowest BCUT2D eigenvalue weighted by atomic mass is 9.76. The summed E-state index contributed by atoms with van der Waals surface area (Å²) in [5, 5.41) is 6.84. The van der Waals surface area contributed by atoms with Gasteiger partial charge in [0.2, 0.25) is 0 Å². The Hall–Kier alpha value is -1.25. The molecule has 0 aromatic carbocycles. The van der Waals surface area contributed by atoms with Gasteiger partial charge >= 0.3 is 0 Å². The number of nitrogens with one attached hydrogen (secondary N) is 2. The number of hydrogen-bond acceptors (Lipinski definition) is 3. The topological polar surface area (TPSA) is 37.0 Å². The van der Waals surface area contributed by atoms with E-state index in [2.05, 4.69) is 35.5 Å². The van der Waals surface area contributed by atoms with Crippen LogP contribution in [0.25, 0.3) is 0 Å². The predicted octanol–water partition coefficient (Wildman–Crippen LogP) is 3.90. The second-order valence-electron chi connectivity index (χ2n) is 5.72. The van der Waals surface area contributed by atoms with Crippen LogP contribution in [0.5, 0.6) is 0 Å². The van der Waals surface area contributed by atoms with Gasteiger partial charge in [-0.1, -0.05) is 26.2 Å². The van der Waals surface area contributed by atoms with Gasteiger partial charge in [0.15, 0.2) is 0 Å². The standard InChI is InChI=1S/C15H25N3/c1-3-17-13-9-14(11-16-10-13)18-12-15(2)7-5-4-6-8-15/h9-11,17-18H,3-8,12H2,1-2H3. The fourth-order valence-electron chi connectivity index (χ4n) is 2.73. The lowest BCUT2D eigenvalue weighted by Gasteiger charge is -2.34. The van der Waals surface area contributed by atoms with E-state index in [-0.39, 0.29) is 0 Å². The fraction of sp³-hybridized carbons (Fsp3) is 0.667. The molecule has 0 unspecified atom stereocenters. The van der Waals surface area contributed by atoms with E-state index in [1.54, 1.807) is 0 Å². The zero-order chi connectivity index (χ0) is 12.8. The first kappa shape index (κ1) is 13.2. The third-order valence-electron chi connectivity index (χ3n) is 3.90. The average molecular weight is 247 g/mol. The lowest BCUT2D eigenvalue weighted by molar-refractivity contribution is 0.233. The molecule has 1 heterocycles. The van der Waals surface area contributed by atoms with Crippen LogP contribution in [0.3, 0.4) is 0 Å². The molecule has 3 nitrogen and oxygen atoms in total. The average Bonchev–Trinajstić information content (AvgIpc) is 2.38. The maximum absolute atomic E-state index is 4.26. The summed E-state index contributed by atoms with van der Waals surface area (Å²) in [6.45, 7) is 6.50. The molecule has 0 atom stereocenters. The van der Waals surface area contributed by atoms with Gasteiger partial charge in [-0.15, -0.1) is 0 Å². The monoisotopic (exact) mass is 247 g/mol. The van der Waals surface area contributed by atoms with Crippen molar-refractivity contribution in [3.8, 4) is 0 Å². The van der Waals surface area contributed by atoms with Crippen molar-refractivity contribution in [2.45, 2.75) is 46.0 Å². The van der Waals surface area contributed by atoms with E-state index in [0.717, 1.165) is 24.5 Å². The zero-order valence-electron chi connectivity index (χ0n) is 11.6. The summed E-state index contributed by atoms with van der Waals surface area (Å²) in [6.07, 6.45) is 10.7. The Bertz CT molecular complexity index is 370. The molecule has 1 aliphatic rings. The lowest BCUT2D eigenvalue weighted by Crippen LogP contribution is -2.28. The highest BCUT2D eigenvalue weighted by Crippen LogP contribution is 2.35. The normalized spacial score (nSPS) is 18.3. The summed E-state index contributed by atoms with van der Waals surface area (Å²) in [6, 6.07) is 2.14. The first-order valence-electron chi connectivity index (χ1n) is 7.15. The van der Waals surface area contributed by atoms with Crippen LogP contribution in [0.15, 0.2) is 18.5 Å². The van der Waals surface area contributed by atoms with Gasteiger partial charge in [-0.2, -0.15) is 0 Å². The van der Waals surface area contributed by atoms with Gasteiger partial charge in [0.25, 0.3) is 0 Å². The molecule has 0 amide bonds. The number of rotatable bonds is 5. The van der Waals surface area contributed by atoms with Crippen LogP contribution >= 0.6 is 0 Å². The summed E-state index contributed by atoms with van der Waals surface area (Å²) >= 11 is 0. The van der Waals surface area contributed by atoms with E-state index in [1.807, 2.05) is 12.4 Å². The van der Waals surface area contributed by atoms with Crippen molar-refractivity contribution in [2.24, 2.45) is 5.41 Å². The van der Waals surface area contributed by atoms with Gasteiger partial charge in [0, 0.05) is 13.1 Å². The molecule has 1 aromatic rings. The van der Waals surface area contributed by atoms with Crippen LogP contribution < -0.4 is 10.6 Å². The summed E-state index contributed by atoms with van der Waals surface area (Å²) in [4.78, 5) is 4.26. The third-order valence-corrected chi connectivity index (χ3v) is 3.90. The largest absolute Gasteiger partial charge is 0.384 e. The molecule has 0 saturated heterocycles. The summed E-state index contributed by atoms with van der Waals surface area (Å²) in [7, 11) is 0. The molecule has 0 radical (unpaired) electrons. The molecule has 0 aliphatic heterocycles. The second-order valence-corrected chi connectivity index (χ2v) is 5.72.